The molecule has 0 spiro atoms. The van der Waals surface area contributed by atoms with Crippen molar-refractivity contribution in [3.05, 3.63) is 44.9 Å². The molecule has 0 amide bonds. The number of thiophene rings is 1. The summed E-state index contributed by atoms with van der Waals surface area (Å²) < 4.78 is 7.48. The van der Waals surface area contributed by atoms with Crippen molar-refractivity contribution in [1.29, 1.82) is 0 Å². The van der Waals surface area contributed by atoms with E-state index in [0.29, 0.717) is 18.6 Å². The second kappa shape index (κ2) is 7.79. The predicted molar refractivity (Wildman–Crippen MR) is 95.3 cm³/mol. The van der Waals surface area contributed by atoms with E-state index in [1.165, 1.54) is 4.88 Å². The molecule has 2 heterocycles. The first-order valence-corrected chi connectivity index (χ1v) is 9.01. The molecule has 2 N–H and O–H groups in total. The van der Waals surface area contributed by atoms with Crippen molar-refractivity contribution in [3.8, 4) is 0 Å². The fourth-order valence-electron chi connectivity index (χ4n) is 2.87. The van der Waals surface area contributed by atoms with E-state index in [4.69, 9.17) is 10.5 Å². The number of nitrogens with zero attached hydrogens (tertiary/aromatic N) is 1. The molecule has 1 atom stereocenters. The van der Waals surface area contributed by atoms with E-state index in [-0.39, 0.29) is 12.0 Å². The Balaban J connectivity index is 2.47. The van der Waals surface area contributed by atoms with Crippen molar-refractivity contribution in [2.75, 3.05) is 6.61 Å². The highest BCUT2D eigenvalue weighted by atomic mass is 32.1. The van der Waals surface area contributed by atoms with Gasteiger partial charge in [-0.25, -0.2) is 4.79 Å². The monoisotopic (exact) mass is 334 g/mol. The van der Waals surface area contributed by atoms with E-state index >= 15 is 0 Å². The maximum atomic E-state index is 12.5. The van der Waals surface area contributed by atoms with Gasteiger partial charge in [-0.3, -0.25) is 0 Å². The summed E-state index contributed by atoms with van der Waals surface area (Å²) in [5.74, 6) is -0.240. The molecule has 0 bridgehead atoms. The third-order valence-electron chi connectivity index (χ3n) is 4.27. The van der Waals surface area contributed by atoms with E-state index in [1.54, 1.807) is 11.3 Å². The summed E-state index contributed by atoms with van der Waals surface area (Å²) >= 11 is 1.73. The Bertz CT molecular complexity index is 659. The minimum atomic E-state index is -0.240. The minimum Gasteiger partial charge on any atom is -0.462 e. The molecule has 2 rings (SSSR count). The fourth-order valence-corrected chi connectivity index (χ4v) is 3.57. The number of hydrogen-bond acceptors (Lipinski definition) is 4. The fraction of sp³-hybridized carbons (Fsp3) is 0.500. The Morgan fingerprint density at radius 2 is 2.09 bits per heavy atom. The molecule has 5 heteroatoms. The minimum absolute atomic E-state index is 0.0545. The van der Waals surface area contributed by atoms with Gasteiger partial charge in [0.2, 0.25) is 0 Å². The van der Waals surface area contributed by atoms with Crippen molar-refractivity contribution in [3.63, 3.8) is 0 Å². The lowest BCUT2D eigenvalue weighted by atomic mass is 10.00. The molecule has 126 valence electrons. The Kier molecular flexibility index (Phi) is 6.02. The molecular formula is C18H26N2O2S. The van der Waals surface area contributed by atoms with Crippen LogP contribution in [0.1, 0.15) is 52.5 Å². The Morgan fingerprint density at radius 3 is 2.65 bits per heavy atom. The average Bonchev–Trinajstić information content (AvgIpc) is 3.11. The molecule has 4 nitrogen and oxygen atoms in total. The molecule has 0 radical (unpaired) electrons. The maximum absolute atomic E-state index is 12.5. The number of hydrogen-bond donors (Lipinski definition) is 1. The van der Waals surface area contributed by atoms with Gasteiger partial charge in [-0.05, 0) is 50.6 Å². The second-order valence-corrected chi connectivity index (χ2v) is 6.82. The first kappa shape index (κ1) is 17.8. The van der Waals surface area contributed by atoms with Crippen LogP contribution >= 0.6 is 11.3 Å². The normalized spacial score (nSPS) is 12.4. The Morgan fingerprint density at radius 1 is 1.35 bits per heavy atom. The van der Waals surface area contributed by atoms with Gasteiger partial charge in [0.25, 0.3) is 0 Å². The van der Waals surface area contributed by atoms with Crippen LogP contribution in [-0.2, 0) is 17.7 Å². The molecule has 0 aliphatic rings. The van der Waals surface area contributed by atoms with Crippen molar-refractivity contribution < 1.29 is 9.53 Å². The van der Waals surface area contributed by atoms with Crippen LogP contribution in [0.5, 0.6) is 0 Å². The number of aromatic nitrogens is 1. The number of ether oxygens (including phenoxy) is 1. The quantitative estimate of drug-likeness (QED) is 0.786. The molecule has 0 aliphatic heterocycles. The van der Waals surface area contributed by atoms with E-state index in [2.05, 4.69) is 29.9 Å². The Labute approximate surface area is 142 Å². The van der Waals surface area contributed by atoms with Crippen molar-refractivity contribution in [2.24, 2.45) is 5.73 Å². The number of nitrogens with two attached hydrogens (primary N) is 1. The van der Waals surface area contributed by atoms with Gasteiger partial charge < -0.3 is 15.0 Å². The van der Waals surface area contributed by atoms with Crippen LogP contribution in [0.4, 0.5) is 0 Å². The van der Waals surface area contributed by atoms with Gasteiger partial charge in [-0.2, -0.15) is 0 Å². The van der Waals surface area contributed by atoms with Crippen LogP contribution in [0.3, 0.4) is 0 Å². The van der Waals surface area contributed by atoms with E-state index < -0.39 is 0 Å². The van der Waals surface area contributed by atoms with Crippen LogP contribution in [0.25, 0.3) is 0 Å². The molecule has 0 saturated carbocycles. The molecule has 23 heavy (non-hydrogen) atoms. The average molecular weight is 334 g/mol. The molecule has 0 saturated heterocycles. The lowest BCUT2D eigenvalue weighted by molar-refractivity contribution is 0.0524. The van der Waals surface area contributed by atoms with Crippen LogP contribution in [0.15, 0.2) is 17.5 Å². The highest BCUT2D eigenvalue weighted by molar-refractivity contribution is 7.09. The predicted octanol–water partition coefficient (Wildman–Crippen LogP) is 3.67. The number of carbonyl (C=O) groups excluding carboxylic acids is 1. The topological polar surface area (TPSA) is 57.2 Å². The number of esters is 1. The highest BCUT2D eigenvalue weighted by Crippen LogP contribution is 2.27. The van der Waals surface area contributed by atoms with Gasteiger partial charge in [0, 0.05) is 22.3 Å². The van der Waals surface area contributed by atoms with Crippen molar-refractivity contribution in [2.45, 2.75) is 53.1 Å². The molecule has 2 aromatic rings. The highest BCUT2D eigenvalue weighted by Gasteiger charge is 2.25. The summed E-state index contributed by atoms with van der Waals surface area (Å²) in [6.07, 6.45) is 1.59. The van der Waals surface area contributed by atoms with Gasteiger partial charge in [0.15, 0.2) is 0 Å². The first-order chi connectivity index (χ1) is 11.0. The van der Waals surface area contributed by atoms with Gasteiger partial charge in [0.1, 0.15) is 0 Å². The maximum Gasteiger partial charge on any atom is 0.340 e. The van der Waals surface area contributed by atoms with Crippen molar-refractivity contribution in [1.82, 2.24) is 4.57 Å². The van der Waals surface area contributed by atoms with Crippen LogP contribution in [0.2, 0.25) is 0 Å². The third kappa shape index (κ3) is 3.85. The second-order valence-electron chi connectivity index (χ2n) is 5.78. The van der Waals surface area contributed by atoms with Crippen LogP contribution < -0.4 is 5.73 Å². The standard InChI is InChI=1S/C18H26N2O2S/c1-5-14(19)10-16-12(3)20(11-15-8-7-9-23-15)13(4)17(16)18(21)22-6-2/h7-9,14H,5-6,10-11,19H2,1-4H3. The smallest absolute Gasteiger partial charge is 0.340 e. The third-order valence-corrected chi connectivity index (χ3v) is 5.14. The van der Waals surface area contributed by atoms with E-state index in [1.807, 2.05) is 19.9 Å². The molecule has 2 aromatic heterocycles. The van der Waals surface area contributed by atoms with Gasteiger partial charge in [-0.1, -0.05) is 13.0 Å². The van der Waals surface area contributed by atoms with E-state index in [9.17, 15) is 4.79 Å². The SMILES string of the molecule is CCOC(=O)c1c(CC(N)CC)c(C)n(Cc2cccs2)c1C. The molecule has 1 unspecified atom stereocenters. The Hall–Kier alpha value is -1.59. The van der Waals surface area contributed by atoms with Crippen molar-refractivity contribution >= 4 is 17.3 Å². The molecule has 0 aromatic carbocycles. The molecular weight excluding hydrogens is 308 g/mol. The molecule has 0 aliphatic carbocycles. The number of rotatable bonds is 7. The largest absolute Gasteiger partial charge is 0.462 e. The lowest BCUT2D eigenvalue weighted by Gasteiger charge is -2.11. The van der Waals surface area contributed by atoms with E-state index in [0.717, 1.165) is 29.9 Å². The summed E-state index contributed by atoms with van der Waals surface area (Å²) in [5.41, 5.74) is 9.97. The first-order valence-electron chi connectivity index (χ1n) is 8.13. The number of carbonyl (C=O) groups is 1. The van der Waals surface area contributed by atoms with Crippen LogP contribution in [-0.4, -0.2) is 23.2 Å². The summed E-state index contributed by atoms with van der Waals surface area (Å²) in [6, 6.07) is 4.22. The van der Waals surface area contributed by atoms with Gasteiger partial charge in [-0.15, -0.1) is 11.3 Å². The zero-order chi connectivity index (χ0) is 17.0. The zero-order valence-corrected chi connectivity index (χ0v) is 15.2. The summed E-state index contributed by atoms with van der Waals surface area (Å²) in [6.45, 7) is 9.13. The summed E-state index contributed by atoms with van der Waals surface area (Å²) in [4.78, 5) is 13.7. The van der Waals surface area contributed by atoms with Gasteiger partial charge in [0.05, 0.1) is 18.7 Å². The zero-order valence-electron chi connectivity index (χ0n) is 14.4. The molecule has 0 fully saturated rings. The summed E-state index contributed by atoms with van der Waals surface area (Å²) in [7, 11) is 0. The summed E-state index contributed by atoms with van der Waals surface area (Å²) in [5, 5.41) is 2.07. The van der Waals surface area contributed by atoms with Crippen LogP contribution in [0, 0.1) is 13.8 Å². The lowest BCUT2D eigenvalue weighted by Crippen LogP contribution is -2.23. The van der Waals surface area contributed by atoms with Gasteiger partial charge >= 0.3 is 5.97 Å².